The molecule has 28 heavy (non-hydrogen) atoms. The maximum atomic E-state index is 12.9. The molecule has 0 heterocycles. The van der Waals surface area contributed by atoms with Gasteiger partial charge in [0.1, 0.15) is 5.75 Å². The standard InChI is InChI=1S/C22H28N2O3S/c1-16(2)21(28-15-17-9-6-5-7-10-17)22(26)24(3)14-20(25)23-18-11-8-12-19(13-18)27-4/h5-13,16,21H,14-15H2,1-4H3,(H,23,25). The Hall–Kier alpha value is -2.47. The van der Waals surface area contributed by atoms with Gasteiger partial charge in [-0.3, -0.25) is 9.59 Å². The van der Waals surface area contributed by atoms with Gasteiger partial charge in [-0.15, -0.1) is 11.8 Å². The van der Waals surface area contributed by atoms with Gasteiger partial charge in [0.15, 0.2) is 0 Å². The second-order valence-electron chi connectivity index (χ2n) is 6.94. The first-order valence-electron chi connectivity index (χ1n) is 9.25. The fourth-order valence-corrected chi connectivity index (χ4v) is 3.99. The van der Waals surface area contributed by atoms with Gasteiger partial charge in [-0.25, -0.2) is 0 Å². The molecule has 0 aliphatic heterocycles. The summed E-state index contributed by atoms with van der Waals surface area (Å²) in [7, 11) is 3.25. The van der Waals surface area contributed by atoms with E-state index in [0.29, 0.717) is 11.4 Å². The van der Waals surface area contributed by atoms with Gasteiger partial charge in [-0.05, 0) is 23.6 Å². The average Bonchev–Trinajstić information content (AvgIpc) is 2.68. The molecule has 0 radical (unpaired) electrons. The summed E-state index contributed by atoms with van der Waals surface area (Å²) in [5, 5.41) is 2.61. The number of likely N-dealkylation sites (N-methyl/N-ethyl adjacent to an activating group) is 1. The molecular formula is C22H28N2O3S. The van der Waals surface area contributed by atoms with Crippen molar-refractivity contribution in [2.45, 2.75) is 24.9 Å². The minimum atomic E-state index is -0.236. The Morgan fingerprint density at radius 3 is 2.46 bits per heavy atom. The summed E-state index contributed by atoms with van der Waals surface area (Å²) < 4.78 is 5.16. The van der Waals surface area contributed by atoms with Crippen molar-refractivity contribution in [3.63, 3.8) is 0 Å². The van der Waals surface area contributed by atoms with Gasteiger partial charge in [0.2, 0.25) is 11.8 Å². The molecule has 5 nitrogen and oxygen atoms in total. The molecule has 150 valence electrons. The molecule has 0 aliphatic carbocycles. The number of methoxy groups -OCH3 is 1. The van der Waals surface area contributed by atoms with Crippen LogP contribution in [-0.2, 0) is 15.3 Å². The first-order valence-corrected chi connectivity index (χ1v) is 10.3. The number of nitrogens with zero attached hydrogens (tertiary/aromatic N) is 1. The first kappa shape index (κ1) is 21.8. The molecule has 2 aromatic carbocycles. The lowest BCUT2D eigenvalue weighted by Gasteiger charge is -2.25. The molecule has 0 fully saturated rings. The number of thioether (sulfide) groups is 1. The van der Waals surface area contributed by atoms with E-state index < -0.39 is 0 Å². The second kappa shape index (κ2) is 10.8. The van der Waals surface area contributed by atoms with Gasteiger partial charge in [-0.2, -0.15) is 0 Å². The SMILES string of the molecule is COc1cccc(NC(=O)CN(C)C(=O)C(SCc2ccccc2)C(C)C)c1. The lowest BCUT2D eigenvalue weighted by Crippen LogP contribution is -2.41. The monoisotopic (exact) mass is 400 g/mol. The van der Waals surface area contributed by atoms with E-state index in [1.54, 1.807) is 44.1 Å². The summed E-state index contributed by atoms with van der Waals surface area (Å²) in [5.41, 5.74) is 1.83. The number of nitrogens with one attached hydrogen (secondary N) is 1. The Labute approximate surface area is 171 Å². The number of rotatable bonds is 9. The quantitative estimate of drug-likeness (QED) is 0.690. The maximum Gasteiger partial charge on any atom is 0.243 e. The van der Waals surface area contributed by atoms with E-state index >= 15 is 0 Å². The van der Waals surface area contributed by atoms with Crippen LogP contribution in [0.15, 0.2) is 54.6 Å². The molecular weight excluding hydrogens is 372 g/mol. The van der Waals surface area contributed by atoms with E-state index in [1.807, 2.05) is 38.1 Å². The highest BCUT2D eigenvalue weighted by atomic mass is 32.2. The minimum absolute atomic E-state index is 0.00512. The molecule has 0 aliphatic rings. The number of benzene rings is 2. The highest BCUT2D eigenvalue weighted by Crippen LogP contribution is 2.25. The molecule has 2 aromatic rings. The van der Waals surface area contributed by atoms with Crippen LogP contribution >= 0.6 is 11.8 Å². The van der Waals surface area contributed by atoms with Crippen LogP contribution in [0.3, 0.4) is 0 Å². The van der Waals surface area contributed by atoms with Crippen LogP contribution in [0.25, 0.3) is 0 Å². The summed E-state index contributed by atoms with van der Waals surface area (Å²) in [4.78, 5) is 26.7. The van der Waals surface area contributed by atoms with E-state index in [9.17, 15) is 9.59 Å². The molecule has 2 amide bonds. The maximum absolute atomic E-state index is 12.9. The molecule has 1 N–H and O–H groups in total. The Kier molecular flexibility index (Phi) is 8.39. The first-order chi connectivity index (χ1) is 13.4. The Morgan fingerprint density at radius 1 is 1.11 bits per heavy atom. The fraction of sp³-hybridized carbons (Fsp3) is 0.364. The van der Waals surface area contributed by atoms with Crippen molar-refractivity contribution >= 4 is 29.3 Å². The number of ether oxygens (including phenoxy) is 1. The van der Waals surface area contributed by atoms with Crippen LogP contribution in [0.1, 0.15) is 19.4 Å². The van der Waals surface area contributed by atoms with Gasteiger partial charge in [-0.1, -0.05) is 50.2 Å². The third kappa shape index (κ3) is 6.60. The highest BCUT2D eigenvalue weighted by molar-refractivity contribution is 7.99. The van der Waals surface area contributed by atoms with E-state index in [1.165, 1.54) is 10.5 Å². The van der Waals surface area contributed by atoms with Crippen molar-refractivity contribution in [1.82, 2.24) is 4.90 Å². The smallest absolute Gasteiger partial charge is 0.243 e. The summed E-state index contributed by atoms with van der Waals surface area (Å²) in [6.07, 6.45) is 0. The average molecular weight is 401 g/mol. The number of amides is 2. The number of hydrogen-bond donors (Lipinski definition) is 1. The number of hydrogen-bond acceptors (Lipinski definition) is 4. The summed E-state index contributed by atoms with van der Waals surface area (Å²) >= 11 is 1.62. The lowest BCUT2D eigenvalue weighted by molar-refractivity contribution is -0.133. The Morgan fingerprint density at radius 2 is 1.82 bits per heavy atom. The normalized spacial score (nSPS) is 11.8. The third-order valence-corrected chi connectivity index (χ3v) is 5.84. The zero-order chi connectivity index (χ0) is 20.5. The van der Waals surface area contributed by atoms with Crippen LogP contribution < -0.4 is 10.1 Å². The second-order valence-corrected chi connectivity index (χ2v) is 8.07. The van der Waals surface area contributed by atoms with Gasteiger partial charge in [0.25, 0.3) is 0 Å². The van der Waals surface area contributed by atoms with Crippen molar-refractivity contribution in [3.05, 3.63) is 60.2 Å². The van der Waals surface area contributed by atoms with Crippen LogP contribution in [-0.4, -0.2) is 42.7 Å². The van der Waals surface area contributed by atoms with Crippen molar-refractivity contribution < 1.29 is 14.3 Å². The molecule has 0 spiro atoms. The zero-order valence-corrected chi connectivity index (χ0v) is 17.7. The topological polar surface area (TPSA) is 58.6 Å². The van der Waals surface area contributed by atoms with Crippen LogP contribution in [0.5, 0.6) is 5.75 Å². The molecule has 1 atom stereocenters. The van der Waals surface area contributed by atoms with E-state index in [2.05, 4.69) is 17.4 Å². The van der Waals surface area contributed by atoms with Crippen molar-refractivity contribution in [1.29, 1.82) is 0 Å². The predicted octanol–water partition coefficient (Wildman–Crippen LogP) is 4.05. The largest absolute Gasteiger partial charge is 0.497 e. The molecule has 0 bridgehead atoms. The van der Waals surface area contributed by atoms with E-state index in [4.69, 9.17) is 4.74 Å². The predicted molar refractivity (Wildman–Crippen MR) is 116 cm³/mol. The molecule has 1 unspecified atom stereocenters. The third-order valence-electron chi connectivity index (χ3n) is 4.23. The summed E-state index contributed by atoms with van der Waals surface area (Å²) in [6, 6.07) is 17.2. The molecule has 2 rings (SSSR count). The van der Waals surface area contributed by atoms with Gasteiger partial charge < -0.3 is 15.0 Å². The fourth-order valence-electron chi connectivity index (χ4n) is 2.72. The number of carbonyl (C=O) groups is 2. The van der Waals surface area contributed by atoms with Crippen LogP contribution in [0.2, 0.25) is 0 Å². The van der Waals surface area contributed by atoms with Crippen molar-refractivity contribution in [2.75, 3.05) is 26.0 Å². The molecule has 0 aromatic heterocycles. The van der Waals surface area contributed by atoms with Crippen molar-refractivity contribution in [2.24, 2.45) is 5.92 Å². The highest BCUT2D eigenvalue weighted by Gasteiger charge is 2.26. The van der Waals surface area contributed by atoms with E-state index in [0.717, 1.165) is 5.75 Å². The van der Waals surface area contributed by atoms with E-state index in [-0.39, 0.29) is 29.5 Å². The number of carbonyl (C=O) groups excluding carboxylic acids is 2. The van der Waals surface area contributed by atoms with Gasteiger partial charge in [0, 0.05) is 24.6 Å². The minimum Gasteiger partial charge on any atom is -0.497 e. The summed E-state index contributed by atoms with van der Waals surface area (Å²) in [6.45, 7) is 4.07. The lowest BCUT2D eigenvalue weighted by atomic mass is 10.1. The van der Waals surface area contributed by atoms with Gasteiger partial charge in [0.05, 0.1) is 18.9 Å². The van der Waals surface area contributed by atoms with Crippen molar-refractivity contribution in [3.8, 4) is 5.75 Å². The molecule has 0 saturated carbocycles. The van der Waals surface area contributed by atoms with Crippen LogP contribution in [0, 0.1) is 5.92 Å². The van der Waals surface area contributed by atoms with Crippen LogP contribution in [0.4, 0.5) is 5.69 Å². The zero-order valence-electron chi connectivity index (χ0n) is 16.8. The summed E-state index contributed by atoms with van der Waals surface area (Å²) in [5.74, 6) is 1.33. The molecule has 6 heteroatoms. The van der Waals surface area contributed by atoms with Gasteiger partial charge >= 0.3 is 0 Å². The number of anilines is 1. The Balaban J connectivity index is 1.93. The Bertz CT molecular complexity index is 780. The molecule has 0 saturated heterocycles.